The van der Waals surface area contributed by atoms with Crippen molar-refractivity contribution in [1.82, 2.24) is 0 Å². The quantitative estimate of drug-likeness (QED) is 0.847. The smallest absolute Gasteiger partial charge is 0.250 e. The van der Waals surface area contributed by atoms with Crippen molar-refractivity contribution in [1.29, 1.82) is 0 Å². The van der Waals surface area contributed by atoms with Crippen LogP contribution in [-0.4, -0.2) is 38.1 Å². The number of hydrogen-bond donors (Lipinski definition) is 0. The molecule has 0 saturated carbocycles. The number of hydrogen-bond acceptors (Lipinski definition) is 4. The molecular weight excluding hydrogens is 332 g/mol. The summed E-state index contributed by atoms with van der Waals surface area (Å²) in [5.41, 5.74) is 1.36. The number of piperazine rings is 1. The molecule has 0 unspecified atom stereocenters. The fourth-order valence-corrected chi connectivity index (χ4v) is 3.19. The van der Waals surface area contributed by atoms with Crippen molar-refractivity contribution in [2.45, 2.75) is 25.9 Å². The Morgan fingerprint density at radius 2 is 0.962 bits per heavy atom. The maximum absolute atomic E-state index is 13.0. The molecule has 1 heterocycles. The Morgan fingerprint density at radius 1 is 0.654 bits per heavy atom. The van der Waals surface area contributed by atoms with Crippen molar-refractivity contribution >= 4 is 23.2 Å². The molecule has 26 heavy (non-hydrogen) atoms. The summed E-state index contributed by atoms with van der Waals surface area (Å²) in [7, 11) is 3.17. The lowest BCUT2D eigenvalue weighted by Crippen LogP contribution is -2.63. The van der Waals surface area contributed by atoms with E-state index in [0.29, 0.717) is 22.9 Å². The van der Waals surface area contributed by atoms with Crippen molar-refractivity contribution in [3.63, 3.8) is 0 Å². The third-order valence-corrected chi connectivity index (χ3v) is 4.67. The minimum absolute atomic E-state index is 0.127. The Bertz CT molecular complexity index is 732. The second-order valence-electron chi connectivity index (χ2n) is 6.16. The van der Waals surface area contributed by atoms with Crippen LogP contribution in [0.15, 0.2) is 48.5 Å². The molecule has 2 aromatic rings. The molecular formula is C20H22N2O4. The average molecular weight is 354 g/mol. The molecule has 1 aliphatic rings. The van der Waals surface area contributed by atoms with Gasteiger partial charge in [0.25, 0.3) is 11.8 Å². The first-order valence-electron chi connectivity index (χ1n) is 8.42. The van der Waals surface area contributed by atoms with Gasteiger partial charge < -0.3 is 9.47 Å². The lowest BCUT2D eigenvalue weighted by molar-refractivity contribution is -0.130. The minimum atomic E-state index is -0.603. The van der Waals surface area contributed by atoms with Crippen molar-refractivity contribution in [3.05, 3.63) is 48.5 Å². The van der Waals surface area contributed by atoms with Gasteiger partial charge in [0, 0.05) is 11.4 Å². The molecule has 136 valence electrons. The molecule has 0 aromatic heterocycles. The fourth-order valence-electron chi connectivity index (χ4n) is 3.19. The number of benzene rings is 2. The first kappa shape index (κ1) is 17.8. The van der Waals surface area contributed by atoms with Gasteiger partial charge in [-0.3, -0.25) is 19.4 Å². The summed E-state index contributed by atoms with van der Waals surface area (Å²) in [6.45, 7) is 3.49. The van der Waals surface area contributed by atoms with E-state index < -0.39 is 12.1 Å². The molecule has 3 rings (SSSR count). The van der Waals surface area contributed by atoms with E-state index in [2.05, 4.69) is 0 Å². The number of carbonyl (C=O) groups is 2. The zero-order valence-corrected chi connectivity index (χ0v) is 15.3. The van der Waals surface area contributed by atoms with Crippen LogP contribution in [-0.2, 0) is 9.59 Å². The number of rotatable bonds is 4. The van der Waals surface area contributed by atoms with E-state index in [1.807, 2.05) is 0 Å². The van der Waals surface area contributed by atoms with Crippen LogP contribution in [0, 0.1) is 0 Å². The van der Waals surface area contributed by atoms with Crippen LogP contribution < -0.4 is 19.3 Å². The van der Waals surface area contributed by atoms with Crippen molar-refractivity contribution in [2.24, 2.45) is 0 Å². The van der Waals surface area contributed by atoms with E-state index in [-0.39, 0.29) is 11.8 Å². The van der Waals surface area contributed by atoms with Crippen molar-refractivity contribution < 1.29 is 19.1 Å². The maximum Gasteiger partial charge on any atom is 0.250 e. The number of carbonyl (C=O) groups excluding carboxylic acids is 2. The topological polar surface area (TPSA) is 59.1 Å². The third-order valence-electron chi connectivity index (χ3n) is 4.67. The molecule has 0 aliphatic carbocycles. The second kappa shape index (κ2) is 7.07. The lowest BCUT2D eigenvalue weighted by atomic mass is 10.0. The molecule has 0 bridgehead atoms. The van der Waals surface area contributed by atoms with Crippen molar-refractivity contribution in [2.75, 3.05) is 24.0 Å². The van der Waals surface area contributed by atoms with Gasteiger partial charge in [-0.2, -0.15) is 0 Å². The summed E-state index contributed by atoms with van der Waals surface area (Å²) in [6.07, 6.45) is 0. The Hall–Kier alpha value is -3.02. The molecule has 0 N–H and O–H groups in total. The first-order valence-corrected chi connectivity index (χ1v) is 8.42. The van der Waals surface area contributed by atoms with Crippen LogP contribution in [0.5, 0.6) is 11.5 Å². The summed E-state index contributed by atoms with van der Waals surface area (Å²) < 4.78 is 10.3. The van der Waals surface area contributed by atoms with E-state index in [1.54, 1.807) is 86.4 Å². The van der Waals surface area contributed by atoms with Crippen LogP contribution in [0.25, 0.3) is 0 Å². The molecule has 1 aliphatic heterocycles. The zero-order chi connectivity index (χ0) is 18.8. The molecule has 2 amide bonds. The normalized spacial score (nSPS) is 20.3. The molecule has 0 spiro atoms. The lowest BCUT2D eigenvalue weighted by Gasteiger charge is -2.42. The highest BCUT2D eigenvalue weighted by atomic mass is 16.5. The van der Waals surface area contributed by atoms with Gasteiger partial charge in [0.2, 0.25) is 0 Å². The molecule has 0 radical (unpaired) electrons. The Kier molecular flexibility index (Phi) is 4.84. The minimum Gasteiger partial charge on any atom is -0.497 e. The van der Waals surface area contributed by atoms with Gasteiger partial charge in [-0.15, -0.1) is 0 Å². The first-order chi connectivity index (χ1) is 12.5. The number of ether oxygens (including phenoxy) is 2. The van der Waals surface area contributed by atoms with Gasteiger partial charge in [0.05, 0.1) is 14.2 Å². The molecule has 6 nitrogen and oxygen atoms in total. The number of methoxy groups -OCH3 is 2. The SMILES string of the molecule is COc1ccc(N2C(=O)[C@@H](C)N(c3ccc(OC)cc3)C(=O)[C@H]2C)cc1. The van der Waals surface area contributed by atoms with Gasteiger partial charge in [-0.05, 0) is 62.4 Å². The standard InChI is InChI=1S/C20H22N2O4/c1-13-19(23)22(16-7-11-18(26-4)12-8-16)14(2)20(24)21(13)15-5-9-17(25-3)10-6-15/h5-14H,1-4H3/t13-,14-/m1/s1. The largest absolute Gasteiger partial charge is 0.497 e. The highest BCUT2D eigenvalue weighted by molar-refractivity contribution is 6.15. The predicted molar refractivity (Wildman–Crippen MR) is 99.9 cm³/mol. The molecule has 1 fully saturated rings. The average Bonchev–Trinajstić information content (AvgIpc) is 2.68. The molecule has 1 saturated heterocycles. The van der Waals surface area contributed by atoms with E-state index >= 15 is 0 Å². The van der Waals surface area contributed by atoms with Gasteiger partial charge in [-0.25, -0.2) is 0 Å². The fraction of sp³-hybridized carbons (Fsp3) is 0.300. The van der Waals surface area contributed by atoms with Crippen LogP contribution in [0.1, 0.15) is 13.8 Å². The zero-order valence-electron chi connectivity index (χ0n) is 15.3. The van der Waals surface area contributed by atoms with Crippen LogP contribution in [0.4, 0.5) is 11.4 Å². The predicted octanol–water partition coefficient (Wildman–Crippen LogP) is 2.86. The van der Waals surface area contributed by atoms with E-state index in [9.17, 15) is 9.59 Å². The molecule has 2 atom stereocenters. The van der Waals surface area contributed by atoms with Gasteiger partial charge >= 0.3 is 0 Å². The number of amides is 2. The highest BCUT2D eigenvalue weighted by Gasteiger charge is 2.43. The van der Waals surface area contributed by atoms with Crippen LogP contribution in [0.2, 0.25) is 0 Å². The Morgan fingerprint density at radius 3 is 1.23 bits per heavy atom. The third kappa shape index (κ3) is 2.98. The van der Waals surface area contributed by atoms with E-state index in [0.717, 1.165) is 0 Å². The van der Waals surface area contributed by atoms with Crippen molar-refractivity contribution in [3.8, 4) is 11.5 Å². The highest BCUT2D eigenvalue weighted by Crippen LogP contribution is 2.31. The van der Waals surface area contributed by atoms with Crippen LogP contribution >= 0.6 is 0 Å². The molecule has 6 heteroatoms. The summed E-state index contributed by atoms with van der Waals surface area (Å²) in [4.78, 5) is 29.1. The van der Waals surface area contributed by atoms with Gasteiger partial charge in [0.1, 0.15) is 23.6 Å². The number of nitrogens with zero attached hydrogens (tertiary/aromatic N) is 2. The summed E-state index contributed by atoms with van der Waals surface area (Å²) in [5.74, 6) is 1.14. The monoisotopic (exact) mass is 354 g/mol. The second-order valence-corrected chi connectivity index (χ2v) is 6.16. The Labute approximate surface area is 152 Å². The number of anilines is 2. The van der Waals surface area contributed by atoms with Gasteiger partial charge in [0.15, 0.2) is 0 Å². The van der Waals surface area contributed by atoms with E-state index in [4.69, 9.17) is 9.47 Å². The molecule has 2 aromatic carbocycles. The Balaban J connectivity index is 1.92. The van der Waals surface area contributed by atoms with Gasteiger partial charge in [-0.1, -0.05) is 0 Å². The summed E-state index contributed by atoms with van der Waals surface area (Å²) >= 11 is 0. The summed E-state index contributed by atoms with van der Waals surface area (Å²) in [6, 6.07) is 13.1. The van der Waals surface area contributed by atoms with Crippen LogP contribution in [0.3, 0.4) is 0 Å². The summed E-state index contributed by atoms with van der Waals surface area (Å²) in [5, 5.41) is 0. The maximum atomic E-state index is 13.0. The van der Waals surface area contributed by atoms with E-state index in [1.165, 1.54) is 0 Å².